The summed E-state index contributed by atoms with van der Waals surface area (Å²) in [6.07, 6.45) is 4.14. The van der Waals surface area contributed by atoms with Crippen LogP contribution in [0.3, 0.4) is 0 Å². The lowest BCUT2D eigenvalue weighted by Crippen LogP contribution is -2.35. The summed E-state index contributed by atoms with van der Waals surface area (Å²) in [5, 5.41) is 16.1. The number of phenols is 1. The van der Waals surface area contributed by atoms with Crippen LogP contribution < -0.4 is 16.4 Å². The lowest BCUT2D eigenvalue weighted by Gasteiger charge is -2.15. The molecule has 9 nitrogen and oxygen atoms in total. The third-order valence-electron chi connectivity index (χ3n) is 5.57. The maximum atomic E-state index is 12.6. The number of anilines is 1. The number of hydrogen-bond donors (Lipinski definition) is 4. The van der Waals surface area contributed by atoms with Gasteiger partial charge in [0.05, 0.1) is 18.4 Å². The van der Waals surface area contributed by atoms with Crippen LogP contribution in [-0.4, -0.2) is 52.3 Å². The first-order valence-electron chi connectivity index (χ1n) is 10.7. The first kappa shape index (κ1) is 24.2. The predicted octanol–water partition coefficient (Wildman–Crippen LogP) is 3.07. The quantitative estimate of drug-likeness (QED) is 0.363. The Kier molecular flexibility index (Phi) is 7.70. The molecule has 2 amide bonds. The van der Waals surface area contributed by atoms with Gasteiger partial charge in [-0.1, -0.05) is 24.3 Å². The Bertz CT molecular complexity index is 1110. The van der Waals surface area contributed by atoms with Gasteiger partial charge in [0.1, 0.15) is 16.5 Å². The molecule has 5 N–H and O–H groups in total. The monoisotopic (exact) mass is 470 g/mol. The van der Waals surface area contributed by atoms with E-state index in [1.54, 1.807) is 32.2 Å². The molecule has 1 fully saturated rings. The number of aryl methyl sites for hydroxylation is 1. The van der Waals surface area contributed by atoms with E-state index in [0.717, 1.165) is 36.4 Å². The number of amidine groups is 1. The summed E-state index contributed by atoms with van der Waals surface area (Å²) in [6, 6.07) is 3.33. The second-order valence-electron chi connectivity index (χ2n) is 8.30. The van der Waals surface area contributed by atoms with Crippen molar-refractivity contribution in [1.82, 2.24) is 15.2 Å². The fraction of sp³-hybridized carbons (Fsp3) is 0.391. The minimum atomic E-state index is -0.340. The zero-order chi connectivity index (χ0) is 24.1. The molecule has 176 valence electrons. The summed E-state index contributed by atoms with van der Waals surface area (Å²) in [5.41, 5.74) is 8.73. The highest BCUT2D eigenvalue weighted by atomic mass is 32.1. The number of nitrogens with one attached hydrogen (secondary N) is 2. The lowest BCUT2D eigenvalue weighted by molar-refractivity contribution is -0.129. The molecule has 1 aliphatic heterocycles. The molecule has 2 heterocycles. The van der Waals surface area contributed by atoms with Crippen LogP contribution in [0.2, 0.25) is 0 Å². The highest BCUT2D eigenvalue weighted by Gasteiger charge is 2.22. The Labute approximate surface area is 197 Å². The van der Waals surface area contributed by atoms with Gasteiger partial charge in [-0.2, -0.15) is 0 Å². The van der Waals surface area contributed by atoms with Gasteiger partial charge in [-0.3, -0.25) is 9.59 Å². The average Bonchev–Trinajstić information content (AvgIpc) is 3.42. The number of aromatic nitrogens is 1. The Balaban J connectivity index is 1.59. The third-order valence-corrected chi connectivity index (χ3v) is 6.46. The van der Waals surface area contributed by atoms with E-state index in [4.69, 9.17) is 5.73 Å². The molecule has 1 aromatic carbocycles. The van der Waals surface area contributed by atoms with Gasteiger partial charge in [0, 0.05) is 30.4 Å². The number of thiazole rings is 1. The summed E-state index contributed by atoms with van der Waals surface area (Å²) in [5.74, 6) is 0.628. The van der Waals surface area contributed by atoms with Gasteiger partial charge in [-0.05, 0) is 44.7 Å². The largest absolute Gasteiger partial charge is 0.508 e. The summed E-state index contributed by atoms with van der Waals surface area (Å²) in [7, 11) is 0. The molecular formula is C23H30N6O3S. The zero-order valence-corrected chi connectivity index (χ0v) is 20.1. The minimum absolute atomic E-state index is 0.0618. The number of nitrogens with two attached hydrogens (primary N) is 1. The number of amides is 2. The van der Waals surface area contributed by atoms with Gasteiger partial charge in [0.25, 0.3) is 5.91 Å². The van der Waals surface area contributed by atoms with Crippen molar-refractivity contribution in [2.45, 2.75) is 34.1 Å². The standard InChI is InChI=1S/C23H30N6O3S/c1-13-7-8-29(12-13)19(31)11-25-9-15(3)21(24)28-23-26-10-18(33-23)22(32)27-20-14(2)5-6-17(30)16(20)4/h5-6,9-10,13,25,30H,7-8,11-12H2,1-4H3,(H,27,32)(H2,24,26,28)/b15-9-. The second-order valence-corrected chi connectivity index (χ2v) is 9.31. The number of aliphatic imine (C=N–C) groups is 1. The molecule has 1 unspecified atom stereocenters. The molecule has 0 spiro atoms. The number of hydrogen-bond acceptors (Lipinski definition) is 7. The van der Waals surface area contributed by atoms with Gasteiger partial charge in [0.15, 0.2) is 0 Å². The molecular weight excluding hydrogens is 440 g/mol. The van der Waals surface area contributed by atoms with Crippen LogP contribution in [0.5, 0.6) is 5.75 Å². The SMILES string of the molecule is CC(=C/NCC(=O)N1CCC(C)C1)/C(N)=N\c1ncc(C(=O)Nc2c(C)ccc(O)c2C)s1. The number of phenolic OH excluding ortho intramolecular Hbond substituents is 1. The number of carbonyl (C=O) groups is 2. The predicted molar refractivity (Wildman–Crippen MR) is 131 cm³/mol. The van der Waals surface area contributed by atoms with Gasteiger partial charge in [0.2, 0.25) is 11.0 Å². The van der Waals surface area contributed by atoms with Crippen molar-refractivity contribution in [3.05, 3.63) is 46.1 Å². The number of carbonyl (C=O) groups excluding carboxylic acids is 2. The Morgan fingerprint density at radius 2 is 2.15 bits per heavy atom. The molecule has 3 rings (SSSR count). The molecule has 0 radical (unpaired) electrons. The number of rotatable bonds is 7. The van der Waals surface area contributed by atoms with Crippen molar-refractivity contribution >= 4 is 39.8 Å². The first-order valence-corrected chi connectivity index (χ1v) is 11.6. The topological polar surface area (TPSA) is 133 Å². The minimum Gasteiger partial charge on any atom is -0.508 e. The molecule has 1 atom stereocenters. The molecule has 1 aliphatic rings. The number of likely N-dealkylation sites (tertiary alicyclic amines) is 1. The number of aromatic hydroxyl groups is 1. The average molecular weight is 471 g/mol. The van der Waals surface area contributed by atoms with Crippen LogP contribution in [0, 0.1) is 19.8 Å². The molecule has 10 heteroatoms. The maximum Gasteiger partial charge on any atom is 0.267 e. The molecule has 33 heavy (non-hydrogen) atoms. The van der Waals surface area contributed by atoms with E-state index in [2.05, 4.69) is 27.5 Å². The van der Waals surface area contributed by atoms with Crippen LogP contribution in [0.1, 0.15) is 41.1 Å². The van der Waals surface area contributed by atoms with E-state index in [1.807, 2.05) is 11.8 Å². The van der Waals surface area contributed by atoms with Gasteiger partial charge in [-0.25, -0.2) is 9.98 Å². The fourth-order valence-corrected chi connectivity index (χ4v) is 4.15. The molecule has 2 aromatic rings. The fourth-order valence-electron chi connectivity index (χ4n) is 3.46. The van der Waals surface area contributed by atoms with E-state index < -0.39 is 0 Å². The van der Waals surface area contributed by atoms with Gasteiger partial charge >= 0.3 is 0 Å². The molecule has 1 aromatic heterocycles. The highest BCUT2D eigenvalue weighted by Crippen LogP contribution is 2.29. The van der Waals surface area contributed by atoms with E-state index >= 15 is 0 Å². The number of benzene rings is 1. The lowest BCUT2D eigenvalue weighted by atomic mass is 10.1. The van der Waals surface area contributed by atoms with Crippen LogP contribution in [0.4, 0.5) is 10.8 Å². The van der Waals surface area contributed by atoms with E-state index in [9.17, 15) is 14.7 Å². The normalized spacial score (nSPS) is 16.7. The van der Waals surface area contributed by atoms with Crippen molar-refractivity contribution in [2.24, 2.45) is 16.6 Å². The van der Waals surface area contributed by atoms with E-state index in [-0.39, 0.29) is 29.9 Å². The summed E-state index contributed by atoms with van der Waals surface area (Å²) in [6.45, 7) is 9.33. The smallest absolute Gasteiger partial charge is 0.267 e. The van der Waals surface area contributed by atoms with E-state index in [0.29, 0.717) is 32.8 Å². The molecule has 1 saturated heterocycles. The van der Waals surface area contributed by atoms with Crippen LogP contribution in [0.15, 0.2) is 35.1 Å². The summed E-state index contributed by atoms with van der Waals surface area (Å²) >= 11 is 1.11. The van der Waals surface area contributed by atoms with Gasteiger partial charge < -0.3 is 26.4 Å². The van der Waals surface area contributed by atoms with Crippen LogP contribution in [-0.2, 0) is 4.79 Å². The highest BCUT2D eigenvalue weighted by molar-refractivity contribution is 7.17. The molecule has 0 aliphatic carbocycles. The first-order chi connectivity index (χ1) is 15.7. The van der Waals surface area contributed by atoms with Crippen molar-refractivity contribution in [3.63, 3.8) is 0 Å². The van der Waals surface area contributed by atoms with Crippen LogP contribution >= 0.6 is 11.3 Å². The summed E-state index contributed by atoms with van der Waals surface area (Å²) < 4.78 is 0. The van der Waals surface area contributed by atoms with Gasteiger partial charge in [-0.15, -0.1) is 0 Å². The molecule has 0 saturated carbocycles. The zero-order valence-electron chi connectivity index (χ0n) is 19.3. The van der Waals surface area contributed by atoms with Crippen molar-refractivity contribution < 1.29 is 14.7 Å². The van der Waals surface area contributed by atoms with Crippen molar-refractivity contribution in [2.75, 3.05) is 25.0 Å². The van der Waals surface area contributed by atoms with Crippen molar-refractivity contribution in [1.29, 1.82) is 0 Å². The molecule has 0 bridgehead atoms. The Hall–Kier alpha value is -3.40. The van der Waals surface area contributed by atoms with Crippen LogP contribution in [0.25, 0.3) is 0 Å². The van der Waals surface area contributed by atoms with E-state index in [1.165, 1.54) is 6.20 Å². The maximum absolute atomic E-state index is 12.6. The Morgan fingerprint density at radius 3 is 2.85 bits per heavy atom. The second kappa shape index (κ2) is 10.5. The third kappa shape index (κ3) is 6.10. The Morgan fingerprint density at radius 1 is 1.39 bits per heavy atom. The summed E-state index contributed by atoms with van der Waals surface area (Å²) in [4.78, 5) is 35.5. The van der Waals surface area contributed by atoms with Crippen molar-refractivity contribution in [3.8, 4) is 5.75 Å². The number of nitrogens with zero attached hydrogens (tertiary/aromatic N) is 3.